The topological polar surface area (TPSA) is 63.9 Å². The molecule has 0 aliphatic heterocycles. The number of imidazole rings is 1. The van der Waals surface area contributed by atoms with E-state index in [1.165, 1.54) is 0 Å². The van der Waals surface area contributed by atoms with Crippen LogP contribution in [0.3, 0.4) is 0 Å². The van der Waals surface area contributed by atoms with Crippen molar-refractivity contribution in [2.24, 2.45) is 0 Å². The summed E-state index contributed by atoms with van der Waals surface area (Å²) in [5, 5.41) is 0. The van der Waals surface area contributed by atoms with Crippen LogP contribution in [0, 0.1) is 0 Å². The molecule has 0 amide bonds. The number of anilines is 1. The molecule has 0 saturated heterocycles. The monoisotopic (exact) mass is 217 g/mol. The highest BCUT2D eigenvalue weighted by Gasteiger charge is 2.08. The maximum absolute atomic E-state index is 5.72. The number of benzene rings is 1. The molecular weight excluding hydrogens is 202 g/mol. The van der Waals surface area contributed by atoms with Crippen molar-refractivity contribution in [1.82, 2.24) is 9.97 Å². The van der Waals surface area contributed by atoms with Gasteiger partial charge < -0.3 is 15.5 Å². The molecule has 2 aromatic rings. The fourth-order valence-electron chi connectivity index (χ4n) is 1.52. The maximum atomic E-state index is 5.72. The summed E-state index contributed by atoms with van der Waals surface area (Å²) in [6, 6.07) is 7.82. The average Bonchev–Trinajstić information content (AvgIpc) is 2.65. The molecule has 3 N–H and O–H groups in total. The van der Waals surface area contributed by atoms with Crippen molar-refractivity contribution in [3.05, 3.63) is 30.5 Å². The molecule has 1 aromatic heterocycles. The molecule has 0 fully saturated rings. The van der Waals surface area contributed by atoms with Gasteiger partial charge in [0.15, 0.2) is 5.95 Å². The van der Waals surface area contributed by atoms with Gasteiger partial charge in [-0.05, 0) is 26.0 Å². The fourth-order valence-corrected chi connectivity index (χ4v) is 1.52. The molecule has 0 radical (unpaired) electrons. The lowest BCUT2D eigenvalue weighted by atomic mass is 10.1. The third-order valence-electron chi connectivity index (χ3n) is 2.14. The number of aromatic nitrogens is 2. The van der Waals surface area contributed by atoms with Crippen molar-refractivity contribution < 1.29 is 4.74 Å². The Bertz CT molecular complexity index is 477. The smallest absolute Gasteiger partial charge is 0.197 e. The number of hydrogen-bond donors (Lipinski definition) is 2. The van der Waals surface area contributed by atoms with E-state index < -0.39 is 0 Å². The molecule has 0 aliphatic carbocycles. The number of rotatable bonds is 3. The van der Waals surface area contributed by atoms with E-state index in [2.05, 4.69) is 9.97 Å². The predicted molar refractivity (Wildman–Crippen MR) is 64.2 cm³/mol. The zero-order chi connectivity index (χ0) is 11.5. The lowest BCUT2D eigenvalue weighted by Gasteiger charge is -2.12. The van der Waals surface area contributed by atoms with E-state index in [0.717, 1.165) is 17.0 Å². The van der Waals surface area contributed by atoms with Gasteiger partial charge in [0.1, 0.15) is 5.75 Å². The molecule has 4 heteroatoms. The molecule has 0 unspecified atom stereocenters. The first-order valence-electron chi connectivity index (χ1n) is 5.23. The second-order valence-electron chi connectivity index (χ2n) is 3.84. The highest BCUT2D eigenvalue weighted by atomic mass is 16.5. The zero-order valence-corrected chi connectivity index (χ0v) is 9.40. The third-order valence-corrected chi connectivity index (χ3v) is 2.14. The Morgan fingerprint density at radius 3 is 2.69 bits per heavy atom. The quantitative estimate of drug-likeness (QED) is 0.830. The first-order valence-corrected chi connectivity index (χ1v) is 5.23. The first-order chi connectivity index (χ1) is 7.66. The Kier molecular flexibility index (Phi) is 2.81. The number of nitrogen functional groups attached to an aromatic ring is 1. The molecule has 16 heavy (non-hydrogen) atoms. The van der Waals surface area contributed by atoms with Gasteiger partial charge in [-0.25, -0.2) is 4.98 Å². The molecule has 0 saturated carbocycles. The largest absolute Gasteiger partial charge is 0.490 e. The molecule has 0 aliphatic rings. The number of nitrogens with two attached hydrogens (primary N) is 1. The molecule has 1 aromatic carbocycles. The standard InChI is InChI=1S/C12H15N3O/c1-8(2)16-11-6-4-3-5-9(11)10-7-14-12(13)15-10/h3-8H,1-2H3,(H3,13,14,15). The highest BCUT2D eigenvalue weighted by Crippen LogP contribution is 2.29. The van der Waals surface area contributed by atoms with Gasteiger partial charge in [-0.3, -0.25) is 0 Å². The van der Waals surface area contributed by atoms with E-state index in [-0.39, 0.29) is 6.10 Å². The molecule has 0 atom stereocenters. The minimum Gasteiger partial charge on any atom is -0.490 e. The Morgan fingerprint density at radius 1 is 1.31 bits per heavy atom. The number of H-pyrrole nitrogens is 1. The number of hydrogen-bond acceptors (Lipinski definition) is 3. The van der Waals surface area contributed by atoms with E-state index in [1.807, 2.05) is 38.1 Å². The molecule has 1 heterocycles. The third kappa shape index (κ3) is 2.16. The summed E-state index contributed by atoms with van der Waals surface area (Å²) < 4.78 is 5.72. The second-order valence-corrected chi connectivity index (χ2v) is 3.84. The first kappa shape index (κ1) is 10.5. The molecule has 4 nitrogen and oxygen atoms in total. The van der Waals surface area contributed by atoms with Gasteiger partial charge in [-0.1, -0.05) is 12.1 Å². The summed E-state index contributed by atoms with van der Waals surface area (Å²) in [5.74, 6) is 1.25. The molecule has 2 rings (SSSR count). The van der Waals surface area contributed by atoms with Gasteiger partial charge >= 0.3 is 0 Å². The molecule has 84 valence electrons. The summed E-state index contributed by atoms with van der Waals surface area (Å²) in [5.41, 5.74) is 7.40. The van der Waals surface area contributed by atoms with Crippen molar-refractivity contribution in [2.75, 3.05) is 5.73 Å². The van der Waals surface area contributed by atoms with Gasteiger partial charge in [-0.15, -0.1) is 0 Å². The Morgan fingerprint density at radius 2 is 2.06 bits per heavy atom. The van der Waals surface area contributed by atoms with E-state index in [9.17, 15) is 0 Å². The lowest BCUT2D eigenvalue weighted by molar-refractivity contribution is 0.243. The van der Waals surface area contributed by atoms with Crippen LogP contribution in [0.15, 0.2) is 30.5 Å². The molecular formula is C12H15N3O. The minimum atomic E-state index is 0.140. The van der Waals surface area contributed by atoms with Gasteiger partial charge in [0.2, 0.25) is 0 Å². The zero-order valence-electron chi connectivity index (χ0n) is 9.40. The summed E-state index contributed by atoms with van der Waals surface area (Å²) >= 11 is 0. The van der Waals surface area contributed by atoms with Crippen LogP contribution < -0.4 is 10.5 Å². The summed E-state index contributed by atoms with van der Waals surface area (Å²) in [6.45, 7) is 4.00. The minimum absolute atomic E-state index is 0.140. The van der Waals surface area contributed by atoms with Gasteiger partial charge in [-0.2, -0.15) is 0 Å². The average molecular weight is 217 g/mol. The fraction of sp³-hybridized carbons (Fsp3) is 0.250. The SMILES string of the molecule is CC(C)Oc1ccccc1-c1cnc(N)[nH]1. The Hall–Kier alpha value is -1.97. The van der Waals surface area contributed by atoms with Crippen LogP contribution in [0.1, 0.15) is 13.8 Å². The number of ether oxygens (including phenoxy) is 1. The van der Waals surface area contributed by atoms with Crippen LogP contribution >= 0.6 is 0 Å². The summed E-state index contributed by atoms with van der Waals surface area (Å²) in [4.78, 5) is 6.97. The second kappa shape index (κ2) is 4.26. The van der Waals surface area contributed by atoms with Crippen molar-refractivity contribution in [2.45, 2.75) is 20.0 Å². The summed E-state index contributed by atoms with van der Waals surface area (Å²) in [7, 11) is 0. The van der Waals surface area contributed by atoms with Gasteiger partial charge in [0.25, 0.3) is 0 Å². The van der Waals surface area contributed by atoms with E-state index >= 15 is 0 Å². The number of nitrogens with zero attached hydrogens (tertiary/aromatic N) is 1. The normalized spacial score (nSPS) is 10.7. The summed E-state index contributed by atoms with van der Waals surface area (Å²) in [6.07, 6.45) is 1.85. The van der Waals surface area contributed by atoms with Gasteiger partial charge in [0.05, 0.1) is 18.0 Å². The maximum Gasteiger partial charge on any atom is 0.197 e. The van der Waals surface area contributed by atoms with Crippen molar-refractivity contribution in [3.63, 3.8) is 0 Å². The van der Waals surface area contributed by atoms with Crippen LogP contribution in [-0.4, -0.2) is 16.1 Å². The number of aromatic amines is 1. The van der Waals surface area contributed by atoms with Crippen LogP contribution in [0.2, 0.25) is 0 Å². The van der Waals surface area contributed by atoms with Crippen LogP contribution in [0.5, 0.6) is 5.75 Å². The number of para-hydroxylation sites is 1. The molecule has 0 spiro atoms. The lowest BCUT2D eigenvalue weighted by Crippen LogP contribution is -2.06. The van der Waals surface area contributed by atoms with Crippen LogP contribution in [0.25, 0.3) is 11.3 Å². The Labute approximate surface area is 94.5 Å². The van der Waals surface area contributed by atoms with Gasteiger partial charge in [0, 0.05) is 5.56 Å². The highest BCUT2D eigenvalue weighted by molar-refractivity contribution is 5.67. The van der Waals surface area contributed by atoms with E-state index in [4.69, 9.17) is 10.5 Å². The van der Waals surface area contributed by atoms with Crippen LogP contribution in [-0.2, 0) is 0 Å². The van der Waals surface area contributed by atoms with E-state index in [0.29, 0.717) is 5.95 Å². The van der Waals surface area contributed by atoms with Crippen molar-refractivity contribution in [1.29, 1.82) is 0 Å². The Balaban J connectivity index is 2.40. The van der Waals surface area contributed by atoms with Crippen molar-refractivity contribution in [3.8, 4) is 17.0 Å². The van der Waals surface area contributed by atoms with Crippen molar-refractivity contribution >= 4 is 5.95 Å². The predicted octanol–water partition coefficient (Wildman–Crippen LogP) is 2.45. The number of nitrogens with one attached hydrogen (secondary N) is 1. The van der Waals surface area contributed by atoms with Crippen LogP contribution in [0.4, 0.5) is 5.95 Å². The molecule has 0 bridgehead atoms. The van der Waals surface area contributed by atoms with E-state index in [1.54, 1.807) is 6.20 Å².